The van der Waals surface area contributed by atoms with E-state index in [0.717, 1.165) is 60.7 Å². The molecule has 2 atom stereocenters. The predicted molar refractivity (Wildman–Crippen MR) is 129 cm³/mol. The molecule has 0 radical (unpaired) electrons. The lowest BCUT2D eigenvalue weighted by atomic mass is 10.0. The van der Waals surface area contributed by atoms with E-state index < -0.39 is 73.7 Å². The van der Waals surface area contributed by atoms with Crippen LogP contribution in [0, 0.1) is 0 Å². The molecule has 6 nitrogen and oxygen atoms in total. The molecule has 3 rings (SSSR count). The molecule has 0 saturated heterocycles. The first-order valence-corrected chi connectivity index (χ1v) is 13.7. The van der Waals surface area contributed by atoms with Crippen LogP contribution in [0.25, 0.3) is 0 Å². The highest BCUT2D eigenvalue weighted by molar-refractivity contribution is 7.49. The van der Waals surface area contributed by atoms with Crippen molar-refractivity contribution >= 4 is 7.82 Å². The van der Waals surface area contributed by atoms with Gasteiger partial charge in [-0.05, 0) is 23.3 Å². The van der Waals surface area contributed by atoms with Crippen LogP contribution >= 0.6 is 7.82 Å². The van der Waals surface area contributed by atoms with Crippen molar-refractivity contribution in [3.63, 3.8) is 0 Å². The van der Waals surface area contributed by atoms with Gasteiger partial charge in [0.05, 0.1) is 0 Å². The van der Waals surface area contributed by atoms with Gasteiger partial charge >= 0.3 is 44.6 Å². The summed E-state index contributed by atoms with van der Waals surface area (Å²) in [5.41, 5.74) is -2.51. The molecular weight excluding hydrogens is 705 g/mol. The number of ether oxygens (including phenoxy) is 2. The third kappa shape index (κ3) is 9.56. The first-order chi connectivity index (χ1) is 21.4. The zero-order valence-corrected chi connectivity index (χ0v) is 23.4. The van der Waals surface area contributed by atoms with E-state index in [2.05, 4.69) is 18.5 Å². The Balaban J connectivity index is 2.25. The first-order valence-electron chi connectivity index (χ1n) is 12.3. The number of hydrogen-bond acceptors (Lipinski definition) is 6. The van der Waals surface area contributed by atoms with Crippen LogP contribution in [0.3, 0.4) is 0 Å². The Labute approximate surface area is 254 Å². The van der Waals surface area contributed by atoms with Crippen LogP contribution in [0.1, 0.15) is 23.3 Å². The molecule has 0 spiro atoms. The van der Waals surface area contributed by atoms with E-state index in [1.165, 1.54) is 6.07 Å². The van der Waals surface area contributed by atoms with Crippen LogP contribution in [-0.2, 0) is 23.1 Å². The zero-order valence-electron chi connectivity index (χ0n) is 22.5. The van der Waals surface area contributed by atoms with Crippen LogP contribution in [-0.4, -0.2) is 36.8 Å². The summed E-state index contributed by atoms with van der Waals surface area (Å²) in [6, 6.07) is 12.3. The third-order valence-corrected chi connectivity index (χ3v) is 6.93. The van der Waals surface area contributed by atoms with Crippen LogP contribution < -0.4 is 4.52 Å². The van der Waals surface area contributed by atoms with Crippen LogP contribution in [0.2, 0.25) is 0 Å². The number of rotatable bonds is 14. The minimum Gasteiger partial charge on any atom is -0.404 e. The molecule has 0 aromatic heterocycles. The van der Waals surface area contributed by atoms with E-state index in [0.29, 0.717) is 24.3 Å². The molecule has 0 aliphatic carbocycles. The highest BCUT2D eigenvalue weighted by Gasteiger charge is 2.71. The van der Waals surface area contributed by atoms with Gasteiger partial charge in [-0.1, -0.05) is 78.9 Å². The monoisotopic (exact) mass is 722 g/mol. The van der Waals surface area contributed by atoms with Crippen LogP contribution in [0.15, 0.2) is 91.0 Å². The summed E-state index contributed by atoms with van der Waals surface area (Å²) in [4.78, 5) is 0. The highest BCUT2D eigenvalue weighted by atomic mass is 31.2. The average molecular weight is 722 g/mol. The van der Waals surface area contributed by atoms with Crippen molar-refractivity contribution in [2.45, 2.75) is 49.0 Å². The molecule has 0 aliphatic rings. The normalized spacial score (nSPS) is 15.3. The number of phosphoric acid groups is 1. The summed E-state index contributed by atoms with van der Waals surface area (Å²) in [7, 11) is -6.62. The van der Waals surface area contributed by atoms with Gasteiger partial charge in [0.2, 0.25) is 0 Å². The largest absolute Gasteiger partial charge is 0.531 e. The van der Waals surface area contributed by atoms with Gasteiger partial charge in [0.1, 0.15) is 5.75 Å². The molecule has 0 saturated carbocycles. The fraction of sp³-hybridized carbons (Fsp3) is 0.308. The smallest absolute Gasteiger partial charge is 0.404 e. The molecule has 0 bridgehead atoms. The Bertz CT molecular complexity index is 1400. The van der Waals surface area contributed by atoms with Crippen molar-refractivity contribution in [1.29, 1.82) is 0 Å². The van der Waals surface area contributed by atoms with E-state index in [9.17, 15) is 48.5 Å². The minimum absolute atomic E-state index is 0.490. The molecule has 47 heavy (non-hydrogen) atoms. The quantitative estimate of drug-likeness (QED) is 0.122. The standard InChI is InChI=1S/C26H17F14O6P/c27-21(28,23(31,32)45-25(35,36)37)19(16-10-4-1-5-11-16)43-47(41,42-18-14-8-3-9-15-18)44-20(17-12-6-2-7-13-17)22(29,30)24(33,34)46-26(38,39)40/h1-15,19-20H/t19-,20-/m0/s1. The highest BCUT2D eigenvalue weighted by Crippen LogP contribution is 2.63. The fourth-order valence-electron chi connectivity index (χ4n) is 3.60. The summed E-state index contributed by atoms with van der Waals surface area (Å²) in [6.07, 6.45) is -34.0. The van der Waals surface area contributed by atoms with Gasteiger partial charge in [-0.3, -0.25) is 9.05 Å². The van der Waals surface area contributed by atoms with Crippen molar-refractivity contribution in [3.05, 3.63) is 102 Å². The lowest BCUT2D eigenvalue weighted by Gasteiger charge is -2.36. The lowest BCUT2D eigenvalue weighted by Crippen LogP contribution is -2.51. The number of alkyl halides is 14. The van der Waals surface area contributed by atoms with E-state index in [1.807, 2.05) is 0 Å². The second-order valence-corrected chi connectivity index (χ2v) is 10.5. The molecule has 0 amide bonds. The lowest BCUT2D eigenvalue weighted by molar-refractivity contribution is -0.474. The van der Waals surface area contributed by atoms with Gasteiger partial charge in [0.25, 0.3) is 0 Å². The number of phosphoric ester groups is 1. The second-order valence-electron chi connectivity index (χ2n) is 9.02. The molecule has 0 heterocycles. The first kappa shape index (κ1) is 38.0. The van der Waals surface area contributed by atoms with Gasteiger partial charge in [0, 0.05) is 0 Å². The molecule has 3 aromatic rings. The van der Waals surface area contributed by atoms with Crippen molar-refractivity contribution in [2.24, 2.45) is 0 Å². The molecule has 0 N–H and O–H groups in total. The molecule has 0 fully saturated rings. The van der Waals surface area contributed by atoms with Crippen molar-refractivity contribution < 1.29 is 89.1 Å². The maximum absolute atomic E-state index is 15.3. The predicted octanol–water partition coefficient (Wildman–Crippen LogP) is 10.2. The Morgan fingerprint density at radius 2 is 0.766 bits per heavy atom. The molecule has 260 valence electrons. The molecular formula is C26H17F14O6P. The Kier molecular flexibility index (Phi) is 11.0. The van der Waals surface area contributed by atoms with Crippen LogP contribution in [0.4, 0.5) is 61.5 Å². The van der Waals surface area contributed by atoms with E-state index in [-0.39, 0.29) is 0 Å². The zero-order chi connectivity index (χ0) is 35.5. The Hall–Kier alpha value is -3.45. The maximum Gasteiger partial charge on any atom is 0.531 e. The fourth-order valence-corrected chi connectivity index (χ4v) is 5.14. The molecule has 0 unspecified atom stereocenters. The van der Waals surface area contributed by atoms with Crippen molar-refractivity contribution in [2.75, 3.05) is 0 Å². The summed E-state index contributed by atoms with van der Waals surface area (Å²) >= 11 is 0. The van der Waals surface area contributed by atoms with E-state index in [1.54, 1.807) is 0 Å². The van der Waals surface area contributed by atoms with Gasteiger partial charge in [-0.25, -0.2) is 14.0 Å². The number of hydrogen-bond donors (Lipinski definition) is 0. The minimum atomic E-state index is -6.62. The summed E-state index contributed by atoms with van der Waals surface area (Å²) in [6.45, 7) is 0. The molecule has 3 aromatic carbocycles. The van der Waals surface area contributed by atoms with Gasteiger partial charge in [-0.2, -0.15) is 35.1 Å². The third-order valence-electron chi connectivity index (χ3n) is 5.56. The number of benzene rings is 3. The topological polar surface area (TPSA) is 63.2 Å². The number of halogens is 14. The maximum atomic E-state index is 15.3. The second kappa shape index (κ2) is 13.6. The SMILES string of the molecule is O=P(Oc1ccccc1)(O[C@@H](c1ccccc1)C(F)(F)C(F)(F)OC(F)(F)F)O[C@@H](c1ccccc1)C(F)(F)C(F)(F)OC(F)(F)F. The van der Waals surface area contributed by atoms with E-state index >= 15 is 17.6 Å². The Morgan fingerprint density at radius 1 is 0.468 bits per heavy atom. The van der Waals surface area contributed by atoms with E-state index in [4.69, 9.17) is 4.52 Å². The Morgan fingerprint density at radius 3 is 1.06 bits per heavy atom. The van der Waals surface area contributed by atoms with Gasteiger partial charge < -0.3 is 4.52 Å². The summed E-state index contributed by atoms with van der Waals surface area (Å²) in [5.74, 6) is -13.4. The summed E-state index contributed by atoms with van der Waals surface area (Å²) in [5, 5.41) is 0. The van der Waals surface area contributed by atoms with Gasteiger partial charge in [-0.15, -0.1) is 26.3 Å². The number of para-hydroxylation sites is 1. The van der Waals surface area contributed by atoms with Gasteiger partial charge in [0.15, 0.2) is 12.2 Å². The average Bonchev–Trinajstić information content (AvgIpc) is 2.93. The van der Waals surface area contributed by atoms with Crippen molar-refractivity contribution in [1.82, 2.24) is 0 Å². The van der Waals surface area contributed by atoms with Crippen LogP contribution in [0.5, 0.6) is 5.75 Å². The summed E-state index contributed by atoms with van der Waals surface area (Å²) < 4.78 is 227. The molecule has 0 aliphatic heterocycles. The molecule has 21 heteroatoms. The van der Waals surface area contributed by atoms with Crippen molar-refractivity contribution in [3.8, 4) is 5.75 Å².